The van der Waals surface area contributed by atoms with Crippen LogP contribution in [0.2, 0.25) is 0 Å². The van der Waals surface area contributed by atoms with Crippen LogP contribution in [0.15, 0.2) is 29.2 Å². The Bertz CT molecular complexity index is 958. The van der Waals surface area contributed by atoms with Gasteiger partial charge in [0, 0.05) is 57.9 Å². The Morgan fingerprint density at radius 3 is 2.18 bits per heavy atom. The Hall–Kier alpha value is -1.97. The largest absolute Gasteiger partial charge is 0.342 e. The lowest BCUT2D eigenvalue weighted by molar-refractivity contribution is -0.131. The van der Waals surface area contributed by atoms with Gasteiger partial charge in [-0.25, -0.2) is 8.42 Å². The van der Waals surface area contributed by atoms with Crippen molar-refractivity contribution in [2.75, 3.05) is 58.9 Å². The highest BCUT2D eigenvalue weighted by molar-refractivity contribution is 7.89. The summed E-state index contributed by atoms with van der Waals surface area (Å²) in [6.45, 7) is 9.66. The molecule has 8 nitrogen and oxygen atoms in total. The molecule has 9 heteroatoms. The van der Waals surface area contributed by atoms with E-state index in [1.165, 1.54) is 6.07 Å². The molecule has 0 spiro atoms. The van der Waals surface area contributed by atoms with E-state index in [9.17, 15) is 18.0 Å². The maximum Gasteiger partial charge on any atom is 0.253 e. The zero-order chi connectivity index (χ0) is 23.6. The lowest BCUT2D eigenvalue weighted by Crippen LogP contribution is -2.51. The van der Waals surface area contributed by atoms with E-state index in [1.807, 2.05) is 4.90 Å². The number of nitrogens with zero attached hydrogens (tertiary/aromatic N) is 4. The predicted molar refractivity (Wildman–Crippen MR) is 126 cm³/mol. The van der Waals surface area contributed by atoms with Crippen molar-refractivity contribution in [1.29, 1.82) is 0 Å². The summed E-state index contributed by atoms with van der Waals surface area (Å²) < 4.78 is 28.0. The van der Waals surface area contributed by atoms with Crippen molar-refractivity contribution >= 4 is 21.8 Å². The summed E-state index contributed by atoms with van der Waals surface area (Å²) >= 11 is 0. The molecule has 2 amide bonds. The molecular formula is C24H36N4O4S. The molecule has 1 aromatic rings. The van der Waals surface area contributed by atoms with Crippen LogP contribution in [0.5, 0.6) is 0 Å². The molecule has 0 radical (unpaired) electrons. The summed E-state index contributed by atoms with van der Waals surface area (Å²) in [5.74, 6) is 0.661. The van der Waals surface area contributed by atoms with Crippen molar-refractivity contribution in [2.24, 2.45) is 11.8 Å². The van der Waals surface area contributed by atoms with Crippen LogP contribution in [-0.2, 0) is 14.8 Å². The lowest BCUT2D eigenvalue weighted by atomic mass is 9.94. The number of carbonyl (C=O) groups is 2. The molecule has 2 unspecified atom stereocenters. The number of hydrogen-bond donors (Lipinski definition) is 0. The first kappa shape index (κ1) is 24.2. The Balaban J connectivity index is 1.37. The molecule has 0 aromatic heterocycles. The van der Waals surface area contributed by atoms with Gasteiger partial charge in [-0.15, -0.1) is 0 Å². The summed E-state index contributed by atoms with van der Waals surface area (Å²) in [6, 6.07) is 6.44. The molecule has 4 rings (SSSR count). The zero-order valence-corrected chi connectivity index (χ0v) is 20.6. The number of rotatable bonds is 5. The molecule has 0 aliphatic carbocycles. The molecule has 3 aliphatic rings. The van der Waals surface area contributed by atoms with Gasteiger partial charge < -0.3 is 9.80 Å². The minimum atomic E-state index is -3.63. The Labute approximate surface area is 197 Å². The van der Waals surface area contributed by atoms with Crippen molar-refractivity contribution in [3.8, 4) is 0 Å². The molecule has 3 saturated heterocycles. The highest BCUT2D eigenvalue weighted by atomic mass is 32.2. The summed E-state index contributed by atoms with van der Waals surface area (Å²) in [6.07, 6.45) is 3.19. The Kier molecular flexibility index (Phi) is 7.40. The van der Waals surface area contributed by atoms with Crippen LogP contribution in [0.25, 0.3) is 0 Å². The molecule has 33 heavy (non-hydrogen) atoms. The smallest absolute Gasteiger partial charge is 0.253 e. The molecule has 0 bridgehead atoms. The summed E-state index contributed by atoms with van der Waals surface area (Å²) in [5.41, 5.74) is 0.399. The minimum Gasteiger partial charge on any atom is -0.342 e. The van der Waals surface area contributed by atoms with Gasteiger partial charge in [-0.1, -0.05) is 19.9 Å². The fraction of sp³-hybridized carbons (Fsp3) is 0.667. The van der Waals surface area contributed by atoms with E-state index in [4.69, 9.17) is 0 Å². The van der Waals surface area contributed by atoms with E-state index in [1.54, 1.807) is 27.4 Å². The third kappa shape index (κ3) is 5.58. The van der Waals surface area contributed by atoms with Crippen LogP contribution >= 0.6 is 0 Å². The predicted octanol–water partition coefficient (Wildman–Crippen LogP) is 1.73. The minimum absolute atomic E-state index is 0.155. The van der Waals surface area contributed by atoms with Gasteiger partial charge >= 0.3 is 0 Å². The number of piperidine rings is 1. The van der Waals surface area contributed by atoms with Gasteiger partial charge in [0.05, 0.1) is 11.4 Å². The van der Waals surface area contributed by atoms with Gasteiger partial charge in [-0.2, -0.15) is 4.31 Å². The second-order valence-corrected chi connectivity index (χ2v) is 11.9. The van der Waals surface area contributed by atoms with E-state index < -0.39 is 10.0 Å². The van der Waals surface area contributed by atoms with Gasteiger partial charge in [0.1, 0.15) is 0 Å². The van der Waals surface area contributed by atoms with Crippen molar-refractivity contribution in [3.05, 3.63) is 29.8 Å². The Morgan fingerprint density at radius 1 is 0.909 bits per heavy atom. The number of piperazine rings is 1. The number of sulfonamides is 1. The van der Waals surface area contributed by atoms with E-state index in [0.717, 1.165) is 32.4 Å². The SMILES string of the molecule is CC1CC(C)CN(S(=O)(=O)c2cccc(C(=O)N3CCN(CC(=O)N4CCCC4)CC3)c2)C1. The second-order valence-electron chi connectivity index (χ2n) is 9.95. The van der Waals surface area contributed by atoms with Crippen molar-refractivity contribution in [1.82, 2.24) is 19.0 Å². The molecule has 182 valence electrons. The fourth-order valence-electron chi connectivity index (χ4n) is 5.29. The van der Waals surface area contributed by atoms with Gasteiger partial charge in [0.2, 0.25) is 15.9 Å². The average molecular weight is 477 g/mol. The zero-order valence-electron chi connectivity index (χ0n) is 19.8. The molecular weight excluding hydrogens is 440 g/mol. The first-order valence-corrected chi connectivity index (χ1v) is 13.6. The third-order valence-electron chi connectivity index (χ3n) is 7.03. The van der Waals surface area contributed by atoms with Crippen molar-refractivity contribution in [3.63, 3.8) is 0 Å². The van der Waals surface area contributed by atoms with Gasteiger partial charge in [0.25, 0.3) is 5.91 Å². The fourth-order valence-corrected chi connectivity index (χ4v) is 7.02. The van der Waals surface area contributed by atoms with Crippen LogP contribution in [-0.4, -0.2) is 98.1 Å². The van der Waals surface area contributed by atoms with Crippen molar-refractivity contribution in [2.45, 2.75) is 38.0 Å². The number of carbonyl (C=O) groups excluding carboxylic acids is 2. The molecule has 3 aliphatic heterocycles. The van der Waals surface area contributed by atoms with Crippen molar-refractivity contribution < 1.29 is 18.0 Å². The molecule has 0 N–H and O–H groups in total. The quantitative estimate of drug-likeness (QED) is 0.647. The number of amides is 2. The monoisotopic (exact) mass is 476 g/mol. The number of benzene rings is 1. The van der Waals surface area contributed by atoms with Crippen LogP contribution in [0.3, 0.4) is 0 Å². The molecule has 0 saturated carbocycles. The van der Waals surface area contributed by atoms with E-state index in [-0.39, 0.29) is 16.7 Å². The summed E-state index contributed by atoms with van der Waals surface area (Å²) in [4.78, 5) is 31.5. The van der Waals surface area contributed by atoms with Crippen LogP contribution in [0, 0.1) is 11.8 Å². The maximum atomic E-state index is 13.2. The van der Waals surface area contributed by atoms with Crippen LogP contribution < -0.4 is 0 Å². The highest BCUT2D eigenvalue weighted by Crippen LogP contribution is 2.27. The molecule has 1 aromatic carbocycles. The number of likely N-dealkylation sites (tertiary alicyclic amines) is 1. The number of hydrogen-bond acceptors (Lipinski definition) is 5. The molecule has 2 atom stereocenters. The topological polar surface area (TPSA) is 81.2 Å². The molecule has 3 heterocycles. The third-order valence-corrected chi connectivity index (χ3v) is 8.86. The Morgan fingerprint density at radius 2 is 1.55 bits per heavy atom. The highest BCUT2D eigenvalue weighted by Gasteiger charge is 2.32. The van der Waals surface area contributed by atoms with Gasteiger partial charge in [0.15, 0.2) is 0 Å². The van der Waals surface area contributed by atoms with E-state index >= 15 is 0 Å². The maximum absolute atomic E-state index is 13.2. The van der Waals surface area contributed by atoms with Crippen LogP contribution in [0.4, 0.5) is 0 Å². The molecule has 3 fully saturated rings. The second kappa shape index (κ2) is 10.1. The standard InChI is InChI=1S/C24H36N4O4S/c1-19-14-20(2)17-28(16-19)33(31,32)22-7-5-6-21(15-22)24(30)27-12-10-25(11-13-27)18-23(29)26-8-3-4-9-26/h5-7,15,19-20H,3-4,8-14,16-18H2,1-2H3. The van der Waals surface area contributed by atoms with Crippen LogP contribution in [0.1, 0.15) is 43.5 Å². The van der Waals surface area contributed by atoms with E-state index in [0.29, 0.717) is 63.2 Å². The van der Waals surface area contributed by atoms with E-state index in [2.05, 4.69) is 18.7 Å². The summed E-state index contributed by atoms with van der Waals surface area (Å²) in [5, 5.41) is 0. The average Bonchev–Trinajstić information content (AvgIpc) is 3.34. The lowest BCUT2D eigenvalue weighted by Gasteiger charge is -2.35. The first-order valence-electron chi connectivity index (χ1n) is 12.1. The first-order chi connectivity index (χ1) is 15.7. The van der Waals surface area contributed by atoms with Gasteiger partial charge in [-0.3, -0.25) is 14.5 Å². The normalized spacial score (nSPS) is 25.4. The summed E-state index contributed by atoms with van der Waals surface area (Å²) in [7, 11) is -3.63. The van der Waals surface area contributed by atoms with Gasteiger partial charge in [-0.05, 0) is 49.3 Å².